The Labute approximate surface area is 92.8 Å². The van der Waals surface area contributed by atoms with E-state index in [0.29, 0.717) is 6.04 Å². The smallest absolute Gasteiger partial charge is 0.410 e. The molecule has 15 heavy (non-hydrogen) atoms. The Balaban J connectivity index is 2.44. The second-order valence-corrected chi connectivity index (χ2v) is 5.19. The zero-order valence-electron chi connectivity index (χ0n) is 10.2. The molecule has 1 fully saturated rings. The zero-order chi connectivity index (χ0) is 11.5. The maximum atomic E-state index is 11.8. The van der Waals surface area contributed by atoms with Crippen LogP contribution < -0.4 is 0 Å². The number of amides is 1. The lowest BCUT2D eigenvalue weighted by molar-refractivity contribution is 0.0198. The first-order valence-electron chi connectivity index (χ1n) is 5.67. The molecule has 0 aromatic heterocycles. The average Bonchev–Trinajstić information content (AvgIpc) is 2.15. The third-order valence-corrected chi connectivity index (χ3v) is 2.64. The van der Waals surface area contributed by atoms with Crippen molar-refractivity contribution >= 4 is 6.09 Å². The predicted octanol–water partition coefficient (Wildman–Crippen LogP) is 3.00. The van der Waals surface area contributed by atoms with Crippen molar-refractivity contribution in [3.8, 4) is 0 Å². The highest BCUT2D eigenvalue weighted by Crippen LogP contribution is 2.22. The minimum Gasteiger partial charge on any atom is -0.444 e. The lowest BCUT2D eigenvalue weighted by Crippen LogP contribution is -2.41. The van der Waals surface area contributed by atoms with Gasteiger partial charge in [0.25, 0.3) is 0 Å². The van der Waals surface area contributed by atoms with Gasteiger partial charge in [0.15, 0.2) is 0 Å². The van der Waals surface area contributed by atoms with Crippen LogP contribution in [-0.2, 0) is 4.74 Å². The molecule has 0 unspecified atom stereocenters. The quantitative estimate of drug-likeness (QED) is 0.668. The van der Waals surface area contributed by atoms with Gasteiger partial charge in [-0.05, 0) is 52.9 Å². The van der Waals surface area contributed by atoms with Gasteiger partial charge < -0.3 is 9.64 Å². The van der Waals surface area contributed by atoms with Crippen LogP contribution in [0.1, 0.15) is 46.5 Å². The molecule has 1 amide bonds. The molecule has 1 rings (SSSR count). The van der Waals surface area contributed by atoms with E-state index in [2.05, 4.69) is 6.42 Å². The molecule has 0 bridgehead atoms. The summed E-state index contributed by atoms with van der Waals surface area (Å²) >= 11 is 0. The zero-order valence-corrected chi connectivity index (χ0v) is 10.2. The molecule has 0 heterocycles. The molecule has 1 aliphatic carbocycles. The van der Waals surface area contributed by atoms with Crippen LogP contribution in [-0.4, -0.2) is 29.7 Å². The summed E-state index contributed by atoms with van der Waals surface area (Å²) in [4.78, 5) is 13.5. The van der Waals surface area contributed by atoms with E-state index >= 15 is 0 Å². The standard InChI is InChI=1S/C12H22NO2/c1-12(2,3)15-11(14)13(4)10-8-6-5-7-9-10/h5,10H,6-9H2,1-4H3. The van der Waals surface area contributed by atoms with Crippen molar-refractivity contribution in [3.05, 3.63) is 6.42 Å². The molecule has 0 aromatic carbocycles. The summed E-state index contributed by atoms with van der Waals surface area (Å²) in [5.74, 6) is 0. The van der Waals surface area contributed by atoms with Crippen LogP contribution >= 0.6 is 0 Å². The number of carbonyl (C=O) groups excluding carboxylic acids is 1. The van der Waals surface area contributed by atoms with Gasteiger partial charge in [-0.2, -0.15) is 0 Å². The Hall–Kier alpha value is -0.730. The molecule has 1 aliphatic rings. The van der Waals surface area contributed by atoms with Gasteiger partial charge in [-0.1, -0.05) is 0 Å². The van der Waals surface area contributed by atoms with Crippen molar-refractivity contribution in [2.75, 3.05) is 7.05 Å². The highest BCUT2D eigenvalue weighted by Gasteiger charge is 2.26. The number of rotatable bonds is 1. The van der Waals surface area contributed by atoms with E-state index in [9.17, 15) is 4.79 Å². The Morgan fingerprint density at radius 2 is 1.87 bits per heavy atom. The van der Waals surface area contributed by atoms with Crippen LogP contribution in [0.5, 0.6) is 0 Å². The van der Waals surface area contributed by atoms with Gasteiger partial charge in [-0.25, -0.2) is 4.79 Å². The van der Waals surface area contributed by atoms with Crippen molar-refractivity contribution in [1.82, 2.24) is 4.90 Å². The molecular weight excluding hydrogens is 190 g/mol. The second kappa shape index (κ2) is 4.86. The minimum absolute atomic E-state index is 0.200. The fourth-order valence-corrected chi connectivity index (χ4v) is 1.78. The monoisotopic (exact) mass is 212 g/mol. The maximum Gasteiger partial charge on any atom is 0.410 e. The molecule has 3 heteroatoms. The normalized spacial score (nSPS) is 18.7. The minimum atomic E-state index is -0.397. The fourth-order valence-electron chi connectivity index (χ4n) is 1.78. The molecule has 0 N–H and O–H groups in total. The second-order valence-electron chi connectivity index (χ2n) is 5.19. The summed E-state index contributed by atoms with van der Waals surface area (Å²) in [5, 5.41) is 0. The van der Waals surface area contributed by atoms with E-state index in [0.717, 1.165) is 25.7 Å². The Morgan fingerprint density at radius 1 is 1.33 bits per heavy atom. The summed E-state index contributed by atoms with van der Waals surface area (Å²) in [6, 6.07) is 0.352. The number of hydrogen-bond acceptors (Lipinski definition) is 2. The first-order valence-corrected chi connectivity index (χ1v) is 5.67. The molecule has 1 radical (unpaired) electrons. The molecule has 0 aliphatic heterocycles. The van der Waals surface area contributed by atoms with Crippen molar-refractivity contribution in [3.63, 3.8) is 0 Å². The molecule has 0 spiro atoms. The summed E-state index contributed by atoms with van der Waals surface area (Å²) in [6.07, 6.45) is 6.44. The fraction of sp³-hybridized carbons (Fsp3) is 0.833. The number of hydrogen-bond donors (Lipinski definition) is 0. The van der Waals surface area contributed by atoms with Crippen LogP contribution in [0.4, 0.5) is 4.79 Å². The van der Waals surface area contributed by atoms with E-state index in [-0.39, 0.29) is 6.09 Å². The van der Waals surface area contributed by atoms with Crippen molar-refractivity contribution in [2.24, 2.45) is 0 Å². The third kappa shape index (κ3) is 4.10. The largest absolute Gasteiger partial charge is 0.444 e. The number of carbonyl (C=O) groups is 1. The SMILES string of the molecule is CN(C(=O)OC(C)(C)C)C1CC[CH]CC1. The van der Waals surface area contributed by atoms with Crippen LogP contribution in [0, 0.1) is 6.42 Å². The van der Waals surface area contributed by atoms with Crippen molar-refractivity contribution < 1.29 is 9.53 Å². The predicted molar refractivity (Wildman–Crippen MR) is 60.6 cm³/mol. The Bertz CT molecular complexity index is 214. The van der Waals surface area contributed by atoms with Crippen LogP contribution in [0.25, 0.3) is 0 Å². The topological polar surface area (TPSA) is 29.5 Å². The summed E-state index contributed by atoms with van der Waals surface area (Å²) in [7, 11) is 1.84. The van der Waals surface area contributed by atoms with E-state index in [1.807, 2.05) is 27.8 Å². The van der Waals surface area contributed by atoms with Gasteiger partial charge in [0.05, 0.1) is 0 Å². The summed E-state index contributed by atoms with van der Waals surface area (Å²) in [6.45, 7) is 5.69. The van der Waals surface area contributed by atoms with Crippen molar-refractivity contribution in [2.45, 2.75) is 58.1 Å². The molecular formula is C12H22NO2. The summed E-state index contributed by atoms with van der Waals surface area (Å²) in [5.41, 5.74) is -0.397. The molecule has 87 valence electrons. The first-order chi connectivity index (χ1) is 6.90. The van der Waals surface area contributed by atoms with Gasteiger partial charge in [0.2, 0.25) is 0 Å². The Morgan fingerprint density at radius 3 is 2.33 bits per heavy atom. The highest BCUT2D eigenvalue weighted by atomic mass is 16.6. The van der Waals surface area contributed by atoms with Crippen molar-refractivity contribution in [1.29, 1.82) is 0 Å². The van der Waals surface area contributed by atoms with Crippen LogP contribution in [0.3, 0.4) is 0 Å². The Kier molecular flexibility index (Phi) is 4.00. The number of ether oxygens (including phenoxy) is 1. The molecule has 3 nitrogen and oxygen atoms in total. The van der Waals surface area contributed by atoms with Gasteiger partial charge in [0, 0.05) is 13.1 Å². The van der Waals surface area contributed by atoms with E-state index < -0.39 is 5.60 Å². The first kappa shape index (κ1) is 12.3. The maximum absolute atomic E-state index is 11.8. The summed E-state index contributed by atoms with van der Waals surface area (Å²) < 4.78 is 5.33. The lowest BCUT2D eigenvalue weighted by Gasteiger charge is -2.32. The van der Waals surface area contributed by atoms with Gasteiger partial charge in [-0.15, -0.1) is 0 Å². The van der Waals surface area contributed by atoms with Gasteiger partial charge in [0.1, 0.15) is 5.60 Å². The lowest BCUT2D eigenvalue weighted by atomic mass is 9.95. The van der Waals surface area contributed by atoms with Gasteiger partial charge in [-0.3, -0.25) is 0 Å². The molecule has 0 atom stereocenters. The van der Waals surface area contributed by atoms with Crippen LogP contribution in [0.15, 0.2) is 0 Å². The number of nitrogens with zero attached hydrogens (tertiary/aromatic N) is 1. The third-order valence-electron chi connectivity index (χ3n) is 2.64. The van der Waals surface area contributed by atoms with E-state index in [1.165, 1.54) is 0 Å². The van der Waals surface area contributed by atoms with Gasteiger partial charge >= 0.3 is 6.09 Å². The molecule has 0 saturated heterocycles. The molecule has 1 saturated carbocycles. The molecule has 0 aromatic rings. The highest BCUT2D eigenvalue weighted by molar-refractivity contribution is 5.68. The average molecular weight is 212 g/mol. The van der Waals surface area contributed by atoms with E-state index in [1.54, 1.807) is 4.90 Å². The van der Waals surface area contributed by atoms with Crippen LogP contribution in [0.2, 0.25) is 0 Å². The van der Waals surface area contributed by atoms with E-state index in [4.69, 9.17) is 4.74 Å².